The highest BCUT2D eigenvalue weighted by molar-refractivity contribution is 5.90. The fraction of sp³-hybridized carbons (Fsp3) is 0.529. The third-order valence-corrected chi connectivity index (χ3v) is 4.62. The summed E-state index contributed by atoms with van der Waals surface area (Å²) < 4.78 is 16.0. The lowest BCUT2D eigenvalue weighted by Crippen LogP contribution is -2.45. The van der Waals surface area contributed by atoms with E-state index in [-0.39, 0.29) is 12.4 Å². The minimum Gasteiger partial charge on any atom is -0.485 e. The zero-order chi connectivity index (χ0) is 24.2. The number of hydrogen-bond donors (Lipinski definition) is 7. The van der Waals surface area contributed by atoms with Crippen molar-refractivity contribution in [2.45, 2.75) is 42.9 Å². The predicted octanol–water partition coefficient (Wildman–Crippen LogP) is -5.24. The molecule has 0 spiro atoms. The number of aliphatic hydroxyl groups excluding tert-OH is 4. The smallest absolute Gasteiger partial charge is 0.330 e. The van der Waals surface area contributed by atoms with Crippen LogP contribution in [0, 0.1) is 0 Å². The molecule has 1 aromatic rings. The van der Waals surface area contributed by atoms with Gasteiger partial charge in [-0.2, -0.15) is 0 Å². The first-order valence-electron chi connectivity index (χ1n) is 9.13. The van der Waals surface area contributed by atoms with Crippen molar-refractivity contribution < 1.29 is 44.2 Å². The number of H-pyrrole nitrogens is 1. The number of ether oxygens (including phenoxy) is 3. The number of aromatic amines is 1. The first-order chi connectivity index (χ1) is 15.0. The second kappa shape index (κ2) is 10.5. The molecule has 15 heteroatoms. The molecule has 0 aromatic carbocycles. The Morgan fingerprint density at radius 1 is 1.28 bits per heavy atom. The lowest BCUT2D eigenvalue weighted by molar-refractivity contribution is -0.140. The molecule has 178 valence electrons. The van der Waals surface area contributed by atoms with Gasteiger partial charge in [-0.25, -0.2) is 4.79 Å². The minimum absolute atomic E-state index is 0.0946. The maximum Gasteiger partial charge on any atom is 0.330 e. The fourth-order valence-corrected chi connectivity index (χ4v) is 2.95. The SMILES string of the molecule is COC1C(O)C(C(O)C(N)=O)OC1n1ccc(=O)[nH]c1=O.NC(=O)C1=CC(O)C(O)CO1. The minimum atomic E-state index is -1.76. The zero-order valence-corrected chi connectivity index (χ0v) is 16.7. The molecular formula is C17H24N4O11. The number of carbonyl (C=O) groups excluding carboxylic acids is 2. The van der Waals surface area contributed by atoms with Gasteiger partial charge in [0.25, 0.3) is 11.5 Å². The molecule has 1 fully saturated rings. The van der Waals surface area contributed by atoms with Crippen LogP contribution in [0.25, 0.3) is 0 Å². The summed E-state index contributed by atoms with van der Waals surface area (Å²) in [5.41, 5.74) is 8.43. The Balaban J connectivity index is 0.000000278. The number of nitrogens with two attached hydrogens (primary N) is 2. The lowest BCUT2D eigenvalue weighted by atomic mass is 10.1. The third-order valence-electron chi connectivity index (χ3n) is 4.62. The molecular weight excluding hydrogens is 436 g/mol. The lowest BCUT2D eigenvalue weighted by Gasteiger charge is -2.21. The molecule has 15 nitrogen and oxygen atoms in total. The van der Waals surface area contributed by atoms with Gasteiger partial charge in [0.2, 0.25) is 5.91 Å². The highest BCUT2D eigenvalue weighted by Crippen LogP contribution is 2.31. The van der Waals surface area contributed by atoms with Crippen LogP contribution in [0.15, 0.2) is 33.7 Å². The molecule has 3 rings (SSSR count). The van der Waals surface area contributed by atoms with Crippen molar-refractivity contribution in [3.63, 3.8) is 0 Å². The summed E-state index contributed by atoms with van der Waals surface area (Å²) in [5, 5.41) is 37.6. The number of nitrogens with zero attached hydrogens (tertiary/aromatic N) is 1. The summed E-state index contributed by atoms with van der Waals surface area (Å²) in [4.78, 5) is 46.3. The molecule has 9 N–H and O–H groups in total. The average Bonchev–Trinajstić information content (AvgIpc) is 3.05. The number of nitrogens with one attached hydrogen (secondary N) is 1. The van der Waals surface area contributed by atoms with E-state index < -0.39 is 65.9 Å². The number of primary amides is 2. The van der Waals surface area contributed by atoms with Crippen LogP contribution in [0.3, 0.4) is 0 Å². The van der Waals surface area contributed by atoms with Crippen LogP contribution in [0.5, 0.6) is 0 Å². The summed E-state index contributed by atoms with van der Waals surface area (Å²) in [6.07, 6.45) is -6.45. The van der Waals surface area contributed by atoms with Gasteiger partial charge in [0, 0.05) is 19.4 Å². The summed E-state index contributed by atoms with van der Waals surface area (Å²) >= 11 is 0. The molecule has 1 saturated heterocycles. The van der Waals surface area contributed by atoms with Crippen LogP contribution in [0.4, 0.5) is 0 Å². The molecule has 2 aliphatic heterocycles. The standard InChI is InChI=1S/C11H15N3O7.C6H9NO4/c1-20-8-5(16)7(6(17)9(12)18)21-10(8)14-3-2-4(15)13-11(14)19;7-6(10)5-1-3(8)4(9)2-11-5/h2-3,5-8,10,16-17H,1H3,(H2,12,18)(H,13,15,19);1,3-4,8-9H,2H2,(H2,7,10). The van der Waals surface area contributed by atoms with E-state index in [9.17, 15) is 29.4 Å². The molecule has 32 heavy (non-hydrogen) atoms. The van der Waals surface area contributed by atoms with Crippen LogP contribution in [-0.2, 0) is 23.8 Å². The third kappa shape index (κ3) is 5.58. The topological polar surface area (TPSA) is 250 Å². The van der Waals surface area contributed by atoms with Gasteiger partial charge in [-0.05, 0) is 6.08 Å². The van der Waals surface area contributed by atoms with Crippen molar-refractivity contribution in [3.05, 3.63) is 44.9 Å². The molecule has 0 aliphatic carbocycles. The number of aromatic nitrogens is 2. The second-order valence-corrected chi connectivity index (χ2v) is 6.81. The van der Waals surface area contributed by atoms with E-state index in [0.29, 0.717) is 0 Å². The molecule has 7 unspecified atom stereocenters. The largest absolute Gasteiger partial charge is 0.485 e. The predicted molar refractivity (Wildman–Crippen MR) is 102 cm³/mol. The van der Waals surface area contributed by atoms with Gasteiger partial charge in [0.05, 0.1) is 0 Å². The fourth-order valence-electron chi connectivity index (χ4n) is 2.95. The highest BCUT2D eigenvalue weighted by Gasteiger charge is 2.49. The van der Waals surface area contributed by atoms with Crippen molar-refractivity contribution in [1.29, 1.82) is 0 Å². The van der Waals surface area contributed by atoms with Crippen LogP contribution in [0.1, 0.15) is 6.23 Å². The molecule has 0 radical (unpaired) electrons. The summed E-state index contributed by atoms with van der Waals surface area (Å²) in [7, 11) is 1.26. The normalized spacial score (nSPS) is 30.3. The van der Waals surface area contributed by atoms with Gasteiger partial charge < -0.3 is 46.1 Å². The Morgan fingerprint density at radius 3 is 2.44 bits per heavy atom. The number of rotatable bonds is 5. The molecule has 0 bridgehead atoms. The average molecular weight is 460 g/mol. The van der Waals surface area contributed by atoms with Crippen molar-refractivity contribution >= 4 is 11.8 Å². The number of carbonyl (C=O) groups is 2. The van der Waals surface area contributed by atoms with Gasteiger partial charge in [-0.3, -0.25) is 23.9 Å². The van der Waals surface area contributed by atoms with Gasteiger partial charge in [0.1, 0.15) is 37.1 Å². The Labute approximate surface area is 179 Å². The van der Waals surface area contributed by atoms with E-state index in [0.717, 1.165) is 22.9 Å². The van der Waals surface area contributed by atoms with Gasteiger partial charge in [0.15, 0.2) is 18.1 Å². The number of aliphatic hydroxyl groups is 4. The summed E-state index contributed by atoms with van der Waals surface area (Å²) in [6.45, 7) is -0.101. The quantitative estimate of drug-likeness (QED) is 0.218. The van der Waals surface area contributed by atoms with E-state index in [4.69, 9.17) is 35.9 Å². The Morgan fingerprint density at radius 2 is 1.94 bits per heavy atom. The van der Waals surface area contributed by atoms with Crippen molar-refractivity contribution in [3.8, 4) is 0 Å². The van der Waals surface area contributed by atoms with Crippen LogP contribution in [-0.4, -0.2) is 92.1 Å². The van der Waals surface area contributed by atoms with Crippen LogP contribution < -0.4 is 22.7 Å². The van der Waals surface area contributed by atoms with E-state index in [1.54, 1.807) is 0 Å². The summed E-state index contributed by atoms with van der Waals surface area (Å²) in [6, 6.07) is 1.09. The first-order valence-corrected chi connectivity index (χ1v) is 9.13. The molecule has 3 heterocycles. The van der Waals surface area contributed by atoms with Crippen LogP contribution >= 0.6 is 0 Å². The summed E-state index contributed by atoms with van der Waals surface area (Å²) in [5.74, 6) is -1.91. The molecule has 2 aliphatic rings. The van der Waals surface area contributed by atoms with Crippen molar-refractivity contribution in [2.75, 3.05) is 13.7 Å². The van der Waals surface area contributed by atoms with Gasteiger partial charge in [-0.1, -0.05) is 0 Å². The van der Waals surface area contributed by atoms with Crippen molar-refractivity contribution in [1.82, 2.24) is 9.55 Å². The molecule has 2 amide bonds. The maximum atomic E-state index is 11.7. The monoisotopic (exact) mass is 460 g/mol. The van der Waals surface area contributed by atoms with E-state index in [2.05, 4.69) is 0 Å². The van der Waals surface area contributed by atoms with E-state index in [1.807, 2.05) is 4.98 Å². The Bertz CT molecular complexity index is 974. The van der Waals surface area contributed by atoms with Crippen LogP contribution in [0.2, 0.25) is 0 Å². The van der Waals surface area contributed by atoms with Crippen molar-refractivity contribution in [2.24, 2.45) is 11.5 Å². The second-order valence-electron chi connectivity index (χ2n) is 6.81. The zero-order valence-electron chi connectivity index (χ0n) is 16.7. The Hall–Kier alpha value is -3.08. The molecule has 0 saturated carbocycles. The number of amides is 2. The Kier molecular flexibility index (Phi) is 8.25. The number of hydrogen-bond acceptors (Lipinski definition) is 11. The molecule has 1 aromatic heterocycles. The van der Waals surface area contributed by atoms with Gasteiger partial charge >= 0.3 is 5.69 Å². The van der Waals surface area contributed by atoms with E-state index >= 15 is 0 Å². The highest BCUT2D eigenvalue weighted by atomic mass is 16.6. The number of methoxy groups -OCH3 is 1. The maximum absolute atomic E-state index is 11.7. The first kappa shape index (κ1) is 25.2. The van der Waals surface area contributed by atoms with Gasteiger partial charge in [-0.15, -0.1) is 0 Å². The molecule has 7 atom stereocenters. The van der Waals surface area contributed by atoms with E-state index in [1.165, 1.54) is 7.11 Å².